The quantitative estimate of drug-likeness (QED) is 0.712. The topological polar surface area (TPSA) is 17.8 Å². The summed E-state index contributed by atoms with van der Waals surface area (Å²) in [5.41, 5.74) is 2.28. The molecule has 2 aromatic rings. The summed E-state index contributed by atoms with van der Waals surface area (Å²) in [4.78, 5) is 4.65. The molecule has 2 nitrogen and oxygen atoms in total. The standard InChI is InChI=1S/C14H16Cl2N2/c1-8(15)13-17-10-6-4-5-9(16)12(10)18(13)11-7-14(11,2)3/h4-6,8,11H,7H2,1-3H3. The van der Waals surface area contributed by atoms with Crippen molar-refractivity contribution in [2.24, 2.45) is 5.41 Å². The molecule has 1 saturated carbocycles. The second-order valence-corrected chi connectivity index (χ2v) is 6.83. The summed E-state index contributed by atoms with van der Waals surface area (Å²) in [5, 5.41) is 0.649. The highest BCUT2D eigenvalue weighted by Crippen LogP contribution is 2.57. The molecule has 0 spiro atoms. The molecule has 1 aliphatic rings. The van der Waals surface area contributed by atoms with Crippen LogP contribution in [0, 0.1) is 5.41 Å². The van der Waals surface area contributed by atoms with Gasteiger partial charge in [0.1, 0.15) is 5.82 Å². The number of benzene rings is 1. The molecule has 96 valence electrons. The molecule has 0 amide bonds. The van der Waals surface area contributed by atoms with Gasteiger partial charge in [-0.1, -0.05) is 31.5 Å². The molecule has 18 heavy (non-hydrogen) atoms. The molecule has 1 aliphatic carbocycles. The van der Waals surface area contributed by atoms with Gasteiger partial charge in [-0.15, -0.1) is 11.6 Å². The number of aromatic nitrogens is 2. The Bertz CT molecular complexity index is 614. The number of hydrogen-bond donors (Lipinski definition) is 0. The van der Waals surface area contributed by atoms with Crippen molar-refractivity contribution in [1.29, 1.82) is 0 Å². The van der Waals surface area contributed by atoms with Crippen LogP contribution in [0.1, 0.15) is 44.4 Å². The van der Waals surface area contributed by atoms with Gasteiger partial charge in [0.05, 0.1) is 21.4 Å². The van der Waals surface area contributed by atoms with Gasteiger partial charge in [-0.05, 0) is 30.9 Å². The molecular formula is C14H16Cl2N2. The number of fused-ring (bicyclic) bond motifs is 1. The molecule has 0 saturated heterocycles. The van der Waals surface area contributed by atoms with E-state index in [0.29, 0.717) is 11.5 Å². The molecule has 1 aromatic carbocycles. The van der Waals surface area contributed by atoms with E-state index in [1.807, 2.05) is 25.1 Å². The summed E-state index contributed by atoms with van der Waals surface area (Å²) >= 11 is 12.6. The summed E-state index contributed by atoms with van der Waals surface area (Å²) in [6.07, 6.45) is 1.15. The van der Waals surface area contributed by atoms with Gasteiger partial charge in [-0.3, -0.25) is 0 Å². The van der Waals surface area contributed by atoms with Crippen molar-refractivity contribution in [3.63, 3.8) is 0 Å². The van der Waals surface area contributed by atoms with Gasteiger partial charge in [0.25, 0.3) is 0 Å². The van der Waals surface area contributed by atoms with Gasteiger partial charge < -0.3 is 4.57 Å². The summed E-state index contributed by atoms with van der Waals surface area (Å²) in [5.74, 6) is 0.926. The lowest BCUT2D eigenvalue weighted by Crippen LogP contribution is -2.06. The van der Waals surface area contributed by atoms with Crippen molar-refractivity contribution in [2.45, 2.75) is 38.6 Å². The third-order valence-electron chi connectivity index (χ3n) is 3.82. The molecule has 3 rings (SSSR count). The molecule has 1 heterocycles. The fraction of sp³-hybridized carbons (Fsp3) is 0.500. The van der Waals surface area contributed by atoms with Crippen molar-refractivity contribution in [3.8, 4) is 0 Å². The zero-order valence-corrected chi connectivity index (χ0v) is 12.3. The zero-order chi connectivity index (χ0) is 13.1. The SMILES string of the molecule is CC(Cl)c1nc2cccc(Cl)c2n1C1CC1(C)C. The van der Waals surface area contributed by atoms with Gasteiger partial charge in [0.2, 0.25) is 0 Å². The number of halogens is 2. The summed E-state index contributed by atoms with van der Waals surface area (Å²) in [6.45, 7) is 6.49. The third kappa shape index (κ3) is 1.74. The highest BCUT2D eigenvalue weighted by atomic mass is 35.5. The molecule has 0 aliphatic heterocycles. The molecular weight excluding hydrogens is 267 g/mol. The Balaban J connectivity index is 2.29. The Hall–Kier alpha value is -0.730. The second kappa shape index (κ2) is 3.88. The van der Waals surface area contributed by atoms with E-state index in [9.17, 15) is 0 Å². The van der Waals surface area contributed by atoms with Crippen molar-refractivity contribution in [1.82, 2.24) is 9.55 Å². The van der Waals surface area contributed by atoms with Crippen molar-refractivity contribution >= 4 is 34.2 Å². The zero-order valence-electron chi connectivity index (χ0n) is 10.7. The summed E-state index contributed by atoms with van der Waals surface area (Å²) in [7, 11) is 0. The average Bonchev–Trinajstić information content (AvgIpc) is 2.73. The minimum atomic E-state index is -0.107. The van der Waals surface area contributed by atoms with Crippen LogP contribution in [0.5, 0.6) is 0 Å². The first-order valence-corrected chi connectivity index (χ1v) is 7.03. The minimum Gasteiger partial charge on any atom is -0.322 e. The largest absolute Gasteiger partial charge is 0.322 e. The number of alkyl halides is 1. The van der Waals surface area contributed by atoms with Crippen LogP contribution in [-0.2, 0) is 0 Å². The fourth-order valence-electron chi connectivity index (χ4n) is 2.60. The molecule has 1 fully saturated rings. The maximum atomic E-state index is 6.34. The van der Waals surface area contributed by atoms with E-state index in [2.05, 4.69) is 23.4 Å². The highest BCUT2D eigenvalue weighted by Gasteiger charge is 2.48. The molecule has 1 aromatic heterocycles. The van der Waals surface area contributed by atoms with Crippen LogP contribution in [0.25, 0.3) is 11.0 Å². The van der Waals surface area contributed by atoms with E-state index < -0.39 is 0 Å². The summed E-state index contributed by atoms with van der Waals surface area (Å²) in [6, 6.07) is 6.30. The predicted octanol–water partition coefficient (Wildman–Crippen LogP) is 4.96. The Kier molecular flexibility index (Phi) is 2.65. The van der Waals surface area contributed by atoms with Crippen molar-refractivity contribution < 1.29 is 0 Å². The lowest BCUT2D eigenvalue weighted by molar-refractivity contribution is 0.535. The third-order valence-corrected chi connectivity index (χ3v) is 4.32. The van der Waals surface area contributed by atoms with E-state index >= 15 is 0 Å². The first-order valence-electron chi connectivity index (χ1n) is 6.22. The maximum absolute atomic E-state index is 6.34. The molecule has 0 radical (unpaired) electrons. The number of nitrogens with zero attached hydrogens (tertiary/aromatic N) is 2. The molecule has 2 atom stereocenters. The Morgan fingerprint density at radius 1 is 1.44 bits per heavy atom. The highest BCUT2D eigenvalue weighted by molar-refractivity contribution is 6.35. The monoisotopic (exact) mass is 282 g/mol. The van der Waals surface area contributed by atoms with E-state index in [-0.39, 0.29) is 5.38 Å². The smallest absolute Gasteiger partial charge is 0.128 e. The van der Waals surface area contributed by atoms with Crippen molar-refractivity contribution in [3.05, 3.63) is 29.0 Å². The van der Waals surface area contributed by atoms with Gasteiger partial charge >= 0.3 is 0 Å². The molecule has 0 N–H and O–H groups in total. The maximum Gasteiger partial charge on any atom is 0.128 e. The fourth-order valence-corrected chi connectivity index (χ4v) is 3.02. The number of rotatable bonds is 2. The normalized spacial score (nSPS) is 23.3. The Labute approximate surface area is 117 Å². The van der Waals surface area contributed by atoms with Crippen molar-refractivity contribution in [2.75, 3.05) is 0 Å². The predicted molar refractivity (Wildman–Crippen MR) is 76.4 cm³/mol. The Morgan fingerprint density at radius 3 is 2.67 bits per heavy atom. The van der Waals surface area contributed by atoms with E-state index in [4.69, 9.17) is 23.2 Å². The molecule has 0 bridgehead atoms. The van der Waals surface area contributed by atoms with Crippen LogP contribution in [-0.4, -0.2) is 9.55 Å². The second-order valence-electron chi connectivity index (χ2n) is 5.77. The van der Waals surface area contributed by atoms with Gasteiger partial charge in [-0.2, -0.15) is 0 Å². The van der Waals surface area contributed by atoms with E-state index in [1.165, 1.54) is 0 Å². The van der Waals surface area contributed by atoms with E-state index in [0.717, 1.165) is 28.3 Å². The molecule has 4 heteroatoms. The summed E-state index contributed by atoms with van der Waals surface area (Å²) < 4.78 is 2.25. The van der Waals surface area contributed by atoms with Crippen LogP contribution < -0.4 is 0 Å². The minimum absolute atomic E-state index is 0.107. The lowest BCUT2D eigenvalue weighted by atomic mass is 10.2. The van der Waals surface area contributed by atoms with Crippen LogP contribution in [0.15, 0.2) is 18.2 Å². The van der Waals surface area contributed by atoms with Crippen LogP contribution in [0.3, 0.4) is 0 Å². The van der Waals surface area contributed by atoms with Gasteiger partial charge in [0.15, 0.2) is 0 Å². The van der Waals surface area contributed by atoms with Gasteiger partial charge in [-0.25, -0.2) is 4.98 Å². The first-order chi connectivity index (χ1) is 8.42. The number of para-hydroxylation sites is 1. The Morgan fingerprint density at radius 2 is 2.11 bits per heavy atom. The van der Waals surface area contributed by atoms with Crippen LogP contribution in [0.2, 0.25) is 5.02 Å². The van der Waals surface area contributed by atoms with Crippen LogP contribution in [0.4, 0.5) is 0 Å². The first kappa shape index (κ1) is 12.3. The average molecular weight is 283 g/mol. The molecule has 2 unspecified atom stereocenters. The number of imidazole rings is 1. The van der Waals surface area contributed by atoms with Crippen LogP contribution >= 0.6 is 23.2 Å². The van der Waals surface area contributed by atoms with Gasteiger partial charge in [0, 0.05) is 6.04 Å². The lowest BCUT2D eigenvalue weighted by Gasteiger charge is -2.12. The van der Waals surface area contributed by atoms with E-state index in [1.54, 1.807) is 0 Å². The number of hydrogen-bond acceptors (Lipinski definition) is 1.